The molecule has 2 aliphatic rings. The standard InChI is InChI=1S/C14H22O3/c1-13(2)10-16-14(17-11-13)9-12(14)7-5-3-4-6-8-15/h7-8H,3-6,9-11H2,1-2H3/b12-7+. The van der Waals surface area contributed by atoms with Crippen LogP contribution in [0.5, 0.6) is 0 Å². The molecule has 0 aromatic carbocycles. The molecule has 17 heavy (non-hydrogen) atoms. The smallest absolute Gasteiger partial charge is 0.194 e. The molecule has 3 heteroatoms. The number of allylic oxidation sites excluding steroid dienone is 1. The third-order valence-corrected chi connectivity index (χ3v) is 3.35. The molecule has 0 amide bonds. The Morgan fingerprint density at radius 3 is 2.47 bits per heavy atom. The summed E-state index contributed by atoms with van der Waals surface area (Å²) in [5, 5.41) is 0. The molecule has 0 N–H and O–H groups in total. The van der Waals surface area contributed by atoms with Crippen LogP contribution in [0.15, 0.2) is 11.6 Å². The van der Waals surface area contributed by atoms with Crippen molar-refractivity contribution in [3.8, 4) is 0 Å². The highest BCUT2D eigenvalue weighted by molar-refractivity contribution is 5.48. The molecule has 1 aliphatic carbocycles. The van der Waals surface area contributed by atoms with Crippen LogP contribution in [0.1, 0.15) is 46.0 Å². The highest BCUT2D eigenvalue weighted by Gasteiger charge is 2.55. The molecule has 2 fully saturated rings. The van der Waals surface area contributed by atoms with Crippen molar-refractivity contribution in [1.82, 2.24) is 0 Å². The highest BCUT2D eigenvalue weighted by Crippen LogP contribution is 2.51. The maximum absolute atomic E-state index is 10.2. The quantitative estimate of drug-likeness (QED) is 0.420. The predicted molar refractivity (Wildman–Crippen MR) is 65.6 cm³/mol. The lowest BCUT2D eigenvalue weighted by Gasteiger charge is -2.34. The first-order chi connectivity index (χ1) is 8.08. The van der Waals surface area contributed by atoms with Crippen molar-refractivity contribution in [1.29, 1.82) is 0 Å². The summed E-state index contributed by atoms with van der Waals surface area (Å²) in [4.78, 5) is 10.2. The summed E-state index contributed by atoms with van der Waals surface area (Å²) in [6.45, 7) is 5.86. The third-order valence-electron chi connectivity index (χ3n) is 3.35. The second kappa shape index (κ2) is 4.91. The van der Waals surface area contributed by atoms with Crippen LogP contribution >= 0.6 is 0 Å². The number of rotatable bonds is 5. The van der Waals surface area contributed by atoms with Gasteiger partial charge in [-0.1, -0.05) is 19.9 Å². The van der Waals surface area contributed by atoms with E-state index in [9.17, 15) is 4.79 Å². The van der Waals surface area contributed by atoms with Crippen LogP contribution in [0.3, 0.4) is 0 Å². The Hall–Kier alpha value is -0.670. The fourth-order valence-electron chi connectivity index (χ4n) is 2.08. The summed E-state index contributed by atoms with van der Waals surface area (Å²) < 4.78 is 11.7. The molecule has 1 saturated carbocycles. The van der Waals surface area contributed by atoms with Crippen LogP contribution < -0.4 is 0 Å². The van der Waals surface area contributed by atoms with E-state index >= 15 is 0 Å². The molecule has 1 heterocycles. The molecule has 0 unspecified atom stereocenters. The average molecular weight is 238 g/mol. The molecule has 1 saturated heterocycles. The van der Waals surface area contributed by atoms with Crippen molar-refractivity contribution >= 4 is 6.29 Å². The molecular formula is C14H22O3. The summed E-state index contributed by atoms with van der Waals surface area (Å²) in [5.74, 6) is -0.361. The monoisotopic (exact) mass is 238 g/mol. The highest BCUT2D eigenvalue weighted by atomic mass is 16.7. The lowest BCUT2D eigenvalue weighted by molar-refractivity contribution is -0.233. The van der Waals surface area contributed by atoms with Crippen molar-refractivity contribution in [2.24, 2.45) is 5.41 Å². The number of hydrogen-bond donors (Lipinski definition) is 0. The Morgan fingerprint density at radius 2 is 1.82 bits per heavy atom. The van der Waals surface area contributed by atoms with E-state index in [1.807, 2.05) is 0 Å². The topological polar surface area (TPSA) is 35.5 Å². The Labute approximate surface area is 103 Å². The fourth-order valence-corrected chi connectivity index (χ4v) is 2.08. The van der Waals surface area contributed by atoms with Gasteiger partial charge in [0.15, 0.2) is 5.79 Å². The van der Waals surface area contributed by atoms with Crippen molar-refractivity contribution in [2.45, 2.75) is 51.7 Å². The van der Waals surface area contributed by atoms with E-state index in [1.54, 1.807) is 0 Å². The largest absolute Gasteiger partial charge is 0.345 e. The Bertz CT molecular complexity index is 307. The molecule has 0 aromatic heterocycles. The minimum Gasteiger partial charge on any atom is -0.345 e. The van der Waals surface area contributed by atoms with Gasteiger partial charge >= 0.3 is 0 Å². The van der Waals surface area contributed by atoms with Crippen molar-refractivity contribution in [2.75, 3.05) is 13.2 Å². The van der Waals surface area contributed by atoms with E-state index < -0.39 is 0 Å². The number of carbonyl (C=O) groups is 1. The lowest BCUT2D eigenvalue weighted by atomic mass is 9.95. The number of unbranched alkanes of at least 4 members (excludes halogenated alkanes) is 3. The maximum atomic E-state index is 10.2. The lowest BCUT2D eigenvalue weighted by Crippen LogP contribution is -2.39. The van der Waals surface area contributed by atoms with Crippen molar-refractivity contribution in [3.05, 3.63) is 11.6 Å². The van der Waals surface area contributed by atoms with E-state index in [1.165, 1.54) is 5.57 Å². The number of hydrogen-bond acceptors (Lipinski definition) is 3. The van der Waals surface area contributed by atoms with E-state index in [2.05, 4.69) is 19.9 Å². The van der Waals surface area contributed by atoms with Gasteiger partial charge in [-0.2, -0.15) is 0 Å². The normalized spacial score (nSPS) is 27.3. The number of carbonyl (C=O) groups excluding carboxylic acids is 1. The van der Waals surface area contributed by atoms with Crippen molar-refractivity contribution < 1.29 is 14.3 Å². The van der Waals surface area contributed by atoms with Gasteiger partial charge in [-0.25, -0.2) is 0 Å². The Balaban J connectivity index is 1.72. The summed E-state index contributed by atoms with van der Waals surface area (Å²) in [6, 6.07) is 0. The minimum atomic E-state index is -0.361. The van der Waals surface area contributed by atoms with Gasteiger partial charge in [-0.15, -0.1) is 0 Å². The van der Waals surface area contributed by atoms with Gasteiger partial charge in [0.1, 0.15) is 6.29 Å². The van der Waals surface area contributed by atoms with Gasteiger partial charge in [-0.05, 0) is 24.8 Å². The molecule has 1 aliphatic heterocycles. The molecule has 2 rings (SSSR count). The van der Waals surface area contributed by atoms with Gasteiger partial charge in [0.25, 0.3) is 0 Å². The second-order valence-electron chi connectivity index (χ2n) is 5.85. The molecule has 1 spiro atoms. The van der Waals surface area contributed by atoms with Crippen LogP contribution in [-0.2, 0) is 14.3 Å². The fraction of sp³-hybridized carbons (Fsp3) is 0.786. The summed E-state index contributed by atoms with van der Waals surface area (Å²) in [7, 11) is 0. The van der Waals surface area contributed by atoms with Crippen LogP contribution in [0.25, 0.3) is 0 Å². The molecule has 0 aromatic rings. The average Bonchev–Trinajstić information content (AvgIpc) is 2.97. The van der Waals surface area contributed by atoms with Gasteiger partial charge in [0.05, 0.1) is 13.2 Å². The molecule has 0 radical (unpaired) electrons. The zero-order valence-electron chi connectivity index (χ0n) is 10.8. The van der Waals surface area contributed by atoms with Gasteiger partial charge < -0.3 is 14.3 Å². The van der Waals surface area contributed by atoms with Crippen molar-refractivity contribution in [3.63, 3.8) is 0 Å². The minimum absolute atomic E-state index is 0.142. The zero-order valence-corrected chi connectivity index (χ0v) is 10.8. The Morgan fingerprint density at radius 1 is 1.18 bits per heavy atom. The molecular weight excluding hydrogens is 216 g/mol. The SMILES string of the molecule is CC1(C)COC2(C/C2=C\CCCCC=O)OC1. The van der Waals surface area contributed by atoms with Crippen LogP contribution in [0.4, 0.5) is 0 Å². The zero-order chi connectivity index (χ0) is 12.4. The molecule has 96 valence electrons. The number of ether oxygens (including phenoxy) is 2. The maximum Gasteiger partial charge on any atom is 0.194 e. The third kappa shape index (κ3) is 3.17. The first-order valence-corrected chi connectivity index (χ1v) is 6.49. The molecule has 3 nitrogen and oxygen atoms in total. The summed E-state index contributed by atoms with van der Waals surface area (Å²) in [5.41, 5.74) is 1.43. The van der Waals surface area contributed by atoms with Gasteiger partial charge in [0, 0.05) is 18.3 Å². The van der Waals surface area contributed by atoms with E-state index in [4.69, 9.17) is 9.47 Å². The van der Waals surface area contributed by atoms with E-state index in [0.717, 1.165) is 45.2 Å². The second-order valence-corrected chi connectivity index (χ2v) is 5.85. The molecule has 0 bridgehead atoms. The summed E-state index contributed by atoms with van der Waals surface area (Å²) in [6.07, 6.45) is 7.90. The molecule has 0 atom stereocenters. The number of aldehydes is 1. The van der Waals surface area contributed by atoms with Gasteiger partial charge in [-0.3, -0.25) is 0 Å². The van der Waals surface area contributed by atoms with Crippen LogP contribution in [0.2, 0.25) is 0 Å². The van der Waals surface area contributed by atoms with E-state index in [-0.39, 0.29) is 11.2 Å². The van der Waals surface area contributed by atoms with Crippen LogP contribution in [0, 0.1) is 5.41 Å². The Kier molecular flexibility index (Phi) is 3.69. The first kappa shape index (κ1) is 12.8. The van der Waals surface area contributed by atoms with E-state index in [0.29, 0.717) is 6.42 Å². The predicted octanol–water partition coefficient (Wildman–Crippen LogP) is 2.85. The first-order valence-electron chi connectivity index (χ1n) is 6.49. The van der Waals surface area contributed by atoms with Gasteiger partial charge in [0.2, 0.25) is 0 Å². The summed E-state index contributed by atoms with van der Waals surface area (Å²) >= 11 is 0. The van der Waals surface area contributed by atoms with Crippen LogP contribution in [-0.4, -0.2) is 25.3 Å².